The van der Waals surface area contributed by atoms with Crippen LogP contribution in [0.25, 0.3) is 0 Å². The highest BCUT2D eigenvalue weighted by Gasteiger charge is 2.07. The van der Waals surface area contributed by atoms with Crippen LogP contribution in [0.15, 0.2) is 18.2 Å². The van der Waals surface area contributed by atoms with E-state index >= 15 is 0 Å². The summed E-state index contributed by atoms with van der Waals surface area (Å²) < 4.78 is 0. The Kier molecular flexibility index (Phi) is 7.56. The van der Waals surface area contributed by atoms with Gasteiger partial charge in [0.2, 0.25) is 0 Å². The highest BCUT2D eigenvalue weighted by molar-refractivity contribution is 6.32. The van der Waals surface area contributed by atoms with E-state index in [9.17, 15) is 5.11 Å². The zero-order valence-electron chi connectivity index (χ0n) is 9.45. The summed E-state index contributed by atoms with van der Waals surface area (Å²) in [5.74, 6) is 0.112. The molecule has 0 amide bonds. The summed E-state index contributed by atoms with van der Waals surface area (Å²) in [6, 6.07) is 5.19. The largest absolute Gasteiger partial charge is 0.506 e. The van der Waals surface area contributed by atoms with Crippen LogP contribution in [0.1, 0.15) is 44.2 Å². The van der Waals surface area contributed by atoms with E-state index in [0.717, 1.165) is 18.4 Å². The third-order valence-corrected chi connectivity index (χ3v) is 2.82. The van der Waals surface area contributed by atoms with Crippen molar-refractivity contribution in [2.75, 3.05) is 0 Å². The molecule has 0 bridgehead atoms. The number of phenols is 1. The Bertz CT molecular complexity index is 318. The van der Waals surface area contributed by atoms with E-state index < -0.39 is 0 Å². The molecule has 0 fully saturated rings. The fourth-order valence-electron chi connectivity index (χ4n) is 1.53. The Labute approximate surface area is 108 Å². The van der Waals surface area contributed by atoms with Gasteiger partial charge in [0.05, 0.1) is 5.02 Å². The molecule has 0 aliphatic heterocycles. The minimum atomic E-state index is 0. The fourth-order valence-corrected chi connectivity index (χ4v) is 1.72. The van der Waals surface area contributed by atoms with Crippen LogP contribution in [0.4, 0.5) is 0 Å². The zero-order chi connectivity index (χ0) is 11.3. The third-order valence-electron chi connectivity index (χ3n) is 2.52. The average molecular weight is 264 g/mol. The van der Waals surface area contributed by atoms with E-state index in [4.69, 9.17) is 17.3 Å². The third kappa shape index (κ3) is 4.60. The number of halogens is 2. The topological polar surface area (TPSA) is 46.2 Å². The molecule has 0 aliphatic carbocycles. The lowest BCUT2D eigenvalue weighted by molar-refractivity contribution is 0.475. The van der Waals surface area contributed by atoms with Gasteiger partial charge in [-0.2, -0.15) is 0 Å². The number of phenolic OH excluding ortho intramolecular Hbond substituents is 1. The van der Waals surface area contributed by atoms with Crippen LogP contribution in [0, 0.1) is 0 Å². The van der Waals surface area contributed by atoms with Crippen molar-refractivity contribution in [1.29, 1.82) is 0 Å². The molecule has 0 heterocycles. The number of benzene rings is 1. The molecule has 0 radical (unpaired) electrons. The van der Waals surface area contributed by atoms with E-state index in [1.807, 2.05) is 6.07 Å². The standard InChI is InChI=1S/C12H18ClNO.ClH/c1-2-3-4-5-11(14)9-6-7-12(15)10(13)8-9;/h6-8,11,15H,2-5,14H2,1H3;1H/t11-;/m1./s1. The van der Waals surface area contributed by atoms with Gasteiger partial charge in [-0.25, -0.2) is 0 Å². The van der Waals surface area contributed by atoms with Gasteiger partial charge in [-0.3, -0.25) is 0 Å². The highest BCUT2D eigenvalue weighted by Crippen LogP contribution is 2.27. The summed E-state index contributed by atoms with van der Waals surface area (Å²) in [5.41, 5.74) is 7.01. The van der Waals surface area contributed by atoms with Crippen molar-refractivity contribution >= 4 is 24.0 Å². The summed E-state index contributed by atoms with van der Waals surface area (Å²) in [4.78, 5) is 0. The van der Waals surface area contributed by atoms with Crippen LogP contribution in [-0.4, -0.2) is 5.11 Å². The average Bonchev–Trinajstić information content (AvgIpc) is 2.22. The second kappa shape index (κ2) is 7.77. The number of unbranched alkanes of at least 4 members (excludes halogenated alkanes) is 2. The molecule has 1 aromatic rings. The van der Waals surface area contributed by atoms with Crippen molar-refractivity contribution in [2.45, 2.75) is 38.6 Å². The van der Waals surface area contributed by atoms with Crippen LogP contribution in [0.3, 0.4) is 0 Å². The monoisotopic (exact) mass is 263 g/mol. The van der Waals surface area contributed by atoms with Crippen molar-refractivity contribution in [3.8, 4) is 5.75 Å². The van der Waals surface area contributed by atoms with Crippen molar-refractivity contribution in [2.24, 2.45) is 5.73 Å². The molecule has 16 heavy (non-hydrogen) atoms. The second-order valence-electron chi connectivity index (χ2n) is 3.81. The van der Waals surface area contributed by atoms with Gasteiger partial charge in [-0.15, -0.1) is 12.4 Å². The first kappa shape index (κ1) is 15.6. The van der Waals surface area contributed by atoms with Crippen molar-refractivity contribution < 1.29 is 5.11 Å². The maximum Gasteiger partial charge on any atom is 0.134 e. The molecule has 0 aromatic heterocycles. The maximum absolute atomic E-state index is 9.27. The predicted molar refractivity (Wildman–Crippen MR) is 71.4 cm³/mol. The summed E-state index contributed by atoms with van der Waals surface area (Å²) in [6.45, 7) is 2.17. The van der Waals surface area contributed by atoms with Crippen LogP contribution < -0.4 is 5.73 Å². The molecule has 0 spiro atoms. The van der Waals surface area contributed by atoms with E-state index in [2.05, 4.69) is 6.92 Å². The molecular weight excluding hydrogens is 245 g/mol. The number of hydrogen-bond donors (Lipinski definition) is 2. The second-order valence-corrected chi connectivity index (χ2v) is 4.22. The number of rotatable bonds is 5. The zero-order valence-corrected chi connectivity index (χ0v) is 11.0. The summed E-state index contributed by atoms with van der Waals surface area (Å²) in [6.07, 6.45) is 4.51. The minimum absolute atomic E-state index is 0. The molecular formula is C12H19Cl2NO. The van der Waals surface area contributed by atoms with E-state index in [0.29, 0.717) is 5.02 Å². The predicted octanol–water partition coefficient (Wildman–Crippen LogP) is 4.05. The Morgan fingerprint density at radius 3 is 2.62 bits per heavy atom. The molecule has 0 aliphatic rings. The normalized spacial score (nSPS) is 11.9. The Balaban J connectivity index is 0.00000225. The van der Waals surface area contributed by atoms with Gasteiger partial charge in [-0.1, -0.05) is 43.9 Å². The molecule has 2 nitrogen and oxygen atoms in total. The maximum atomic E-state index is 9.27. The SMILES string of the molecule is CCCCC[C@@H](N)c1ccc(O)c(Cl)c1.Cl. The first-order chi connectivity index (χ1) is 7.15. The Hall–Kier alpha value is -0.440. The molecule has 92 valence electrons. The molecule has 0 saturated heterocycles. The van der Waals surface area contributed by atoms with Gasteiger partial charge in [0.15, 0.2) is 0 Å². The van der Waals surface area contributed by atoms with Gasteiger partial charge in [0, 0.05) is 6.04 Å². The quantitative estimate of drug-likeness (QED) is 0.788. The molecule has 3 N–H and O–H groups in total. The van der Waals surface area contributed by atoms with Gasteiger partial charge >= 0.3 is 0 Å². The first-order valence-corrected chi connectivity index (χ1v) is 5.77. The molecule has 0 saturated carbocycles. The Morgan fingerprint density at radius 1 is 1.38 bits per heavy atom. The minimum Gasteiger partial charge on any atom is -0.506 e. The molecule has 1 atom stereocenters. The van der Waals surface area contributed by atoms with Crippen LogP contribution in [0.5, 0.6) is 5.75 Å². The van der Waals surface area contributed by atoms with Crippen LogP contribution in [-0.2, 0) is 0 Å². The smallest absolute Gasteiger partial charge is 0.134 e. The van der Waals surface area contributed by atoms with Crippen LogP contribution in [0.2, 0.25) is 5.02 Å². The number of nitrogens with two attached hydrogens (primary N) is 1. The molecule has 1 rings (SSSR count). The fraction of sp³-hybridized carbons (Fsp3) is 0.500. The summed E-state index contributed by atoms with van der Waals surface area (Å²) in [5, 5.41) is 9.64. The van der Waals surface area contributed by atoms with Crippen molar-refractivity contribution in [3.05, 3.63) is 28.8 Å². The lowest BCUT2D eigenvalue weighted by atomic mass is 10.0. The first-order valence-electron chi connectivity index (χ1n) is 5.39. The number of aromatic hydroxyl groups is 1. The van der Waals surface area contributed by atoms with Gasteiger partial charge < -0.3 is 10.8 Å². The molecule has 1 aromatic carbocycles. The van der Waals surface area contributed by atoms with E-state index in [-0.39, 0.29) is 24.2 Å². The lowest BCUT2D eigenvalue weighted by Gasteiger charge is -2.12. The summed E-state index contributed by atoms with van der Waals surface area (Å²) in [7, 11) is 0. The summed E-state index contributed by atoms with van der Waals surface area (Å²) >= 11 is 5.81. The van der Waals surface area contributed by atoms with E-state index in [1.165, 1.54) is 12.8 Å². The number of hydrogen-bond acceptors (Lipinski definition) is 2. The highest BCUT2D eigenvalue weighted by atomic mass is 35.5. The van der Waals surface area contributed by atoms with Gasteiger partial charge in [0.1, 0.15) is 5.75 Å². The Morgan fingerprint density at radius 2 is 2.06 bits per heavy atom. The lowest BCUT2D eigenvalue weighted by Crippen LogP contribution is -2.09. The van der Waals surface area contributed by atoms with Crippen molar-refractivity contribution in [1.82, 2.24) is 0 Å². The molecule has 4 heteroatoms. The van der Waals surface area contributed by atoms with Crippen molar-refractivity contribution in [3.63, 3.8) is 0 Å². The van der Waals surface area contributed by atoms with Gasteiger partial charge in [-0.05, 0) is 24.1 Å². The van der Waals surface area contributed by atoms with E-state index in [1.54, 1.807) is 12.1 Å². The van der Waals surface area contributed by atoms with Gasteiger partial charge in [0.25, 0.3) is 0 Å². The molecule has 0 unspecified atom stereocenters. The van der Waals surface area contributed by atoms with Crippen LogP contribution >= 0.6 is 24.0 Å².